The van der Waals surface area contributed by atoms with E-state index in [1.54, 1.807) is 0 Å². The van der Waals surface area contributed by atoms with Gasteiger partial charge in [-0.15, -0.1) is 0 Å². The molecule has 0 atom stereocenters. The van der Waals surface area contributed by atoms with Crippen molar-refractivity contribution >= 4 is 49.0 Å². The topological polar surface area (TPSA) is 119 Å². The number of urea groups is 1. The molecule has 0 aliphatic rings. The van der Waals surface area contributed by atoms with Crippen molar-refractivity contribution in [3.63, 3.8) is 0 Å². The van der Waals surface area contributed by atoms with Gasteiger partial charge in [0.05, 0.1) is 0 Å². The van der Waals surface area contributed by atoms with Gasteiger partial charge in [0.15, 0.2) is 0 Å². The summed E-state index contributed by atoms with van der Waals surface area (Å²) in [6, 6.07) is -1.20. The van der Waals surface area contributed by atoms with Crippen molar-refractivity contribution in [1.29, 1.82) is 0 Å². The van der Waals surface area contributed by atoms with Crippen molar-refractivity contribution in [3.8, 4) is 0 Å². The molecule has 0 aromatic rings. The van der Waals surface area contributed by atoms with Crippen molar-refractivity contribution in [2.24, 2.45) is 5.73 Å². The van der Waals surface area contributed by atoms with Crippen LogP contribution in [0.3, 0.4) is 0 Å². The van der Waals surface area contributed by atoms with E-state index in [1.165, 1.54) is 5.48 Å². The Balaban J connectivity index is 0. The fraction of sp³-hybridized carbons (Fsp3) is 0. The van der Waals surface area contributed by atoms with E-state index in [0.29, 0.717) is 0 Å². The Bertz CT molecular complexity index is 198. The fourth-order valence-corrected chi connectivity index (χ4v) is 0.487. The molecule has 0 radical (unpaired) electrons. The Morgan fingerprint density at radius 1 is 1.60 bits per heavy atom. The molecule has 0 aliphatic heterocycles. The zero-order valence-electron chi connectivity index (χ0n) is 4.07. The van der Waals surface area contributed by atoms with Gasteiger partial charge in [0.25, 0.3) is 0 Å². The van der Waals surface area contributed by atoms with E-state index in [1.807, 2.05) is 0 Å². The van der Waals surface area contributed by atoms with Crippen LogP contribution in [-0.2, 0) is 11.6 Å². The molecule has 0 unspecified atom stereocenters. The molecule has 0 spiro atoms. The Hall–Kier alpha value is 0.309. The molecule has 0 aromatic carbocycles. The zero-order valence-corrected chi connectivity index (χ0v) is 5.78. The molecule has 0 bridgehead atoms. The molecule has 0 heterocycles. The number of amides is 2. The number of carbonyl (C=O) groups is 1. The van der Waals surface area contributed by atoms with Gasteiger partial charge in [0.1, 0.15) is 0 Å². The molecule has 0 saturated carbocycles. The molecule has 0 aromatic heterocycles. The average Bonchev–Trinajstić information content (AvgIpc) is 1.59. The molecule has 0 saturated heterocycles. The average molecular weight is 227 g/mol. The van der Waals surface area contributed by atoms with Gasteiger partial charge in [0, 0.05) is 0 Å². The normalized spacial score (nSPS) is 9.70. The van der Waals surface area contributed by atoms with Crippen molar-refractivity contribution < 1.29 is 20.6 Å². The summed E-state index contributed by atoms with van der Waals surface area (Å²) >= 11 is -5.29. The Labute approximate surface area is 80.4 Å². The number of primary amides is 1. The van der Waals surface area contributed by atoms with Crippen LogP contribution in [0.1, 0.15) is 0 Å². The van der Waals surface area contributed by atoms with Gasteiger partial charge < -0.3 is 0 Å². The monoisotopic (exact) mass is 228 g/mol. The van der Waals surface area contributed by atoms with Crippen molar-refractivity contribution in [1.82, 2.24) is 5.48 Å². The Morgan fingerprint density at radius 2 is 2.00 bits per heavy atom. The zero-order chi connectivity index (χ0) is 7.49. The maximum atomic E-state index is 9.67. The van der Waals surface area contributed by atoms with E-state index < -0.39 is 19.4 Å². The van der Waals surface area contributed by atoms with Crippen LogP contribution >= 0.6 is 0 Å². The summed E-state index contributed by atoms with van der Waals surface area (Å²) < 4.78 is 30.5. The van der Waals surface area contributed by atoms with Crippen LogP contribution in [-0.4, -0.2) is 53.1 Å². The molecular formula is CH5N2NaO5Se. The van der Waals surface area contributed by atoms with Crippen LogP contribution in [0.2, 0.25) is 0 Å². The van der Waals surface area contributed by atoms with E-state index in [9.17, 15) is 12.5 Å². The quantitative estimate of drug-likeness (QED) is 0.348. The predicted octanol–water partition coefficient (Wildman–Crippen LogP) is -2.77. The summed E-state index contributed by atoms with van der Waals surface area (Å²) in [5.41, 5.74) is 5.58. The summed E-state index contributed by atoms with van der Waals surface area (Å²) in [5.74, 6) is 0. The number of carbonyl (C=O) groups excluding carboxylic acids is 1. The van der Waals surface area contributed by atoms with Crippen LogP contribution in [0.15, 0.2) is 0 Å². The molecule has 9 heteroatoms. The van der Waals surface area contributed by atoms with Gasteiger partial charge in [0.2, 0.25) is 0 Å². The summed E-state index contributed by atoms with van der Waals surface area (Å²) in [6.45, 7) is 0. The third-order valence-corrected chi connectivity index (χ3v) is 0.864. The number of nitrogens with one attached hydrogen (secondary N) is 1. The van der Waals surface area contributed by atoms with Crippen LogP contribution in [0.25, 0.3) is 0 Å². The van der Waals surface area contributed by atoms with Crippen LogP contribution in [0.4, 0.5) is 4.79 Å². The van der Waals surface area contributed by atoms with E-state index in [2.05, 4.69) is 9.65 Å². The van der Waals surface area contributed by atoms with Gasteiger partial charge in [-0.2, -0.15) is 0 Å². The standard InChI is InChI=1S/CH4N2O5Se.Na.H/c2-1(4)3-8-9(5,6)7;;/h(H3,2,3,4)(H,5,6,7);;. The summed E-state index contributed by atoms with van der Waals surface area (Å²) in [7, 11) is 0. The predicted molar refractivity (Wildman–Crippen MR) is 30.3 cm³/mol. The SMILES string of the molecule is NC(=O)NO[Se](=O)(=O)O.[NaH]. The van der Waals surface area contributed by atoms with E-state index in [4.69, 9.17) is 4.19 Å². The molecule has 0 aliphatic carbocycles. The first kappa shape index (κ1) is 12.9. The van der Waals surface area contributed by atoms with Crippen molar-refractivity contribution in [2.75, 3.05) is 0 Å². The third kappa shape index (κ3) is 11.2. The number of rotatable bonds is 2. The molecule has 0 rings (SSSR count). The minimum absolute atomic E-state index is 0. The second-order valence-electron chi connectivity index (χ2n) is 0.977. The molecule has 0 fully saturated rings. The summed E-state index contributed by atoms with van der Waals surface area (Å²) in [6.07, 6.45) is 0. The molecule has 10 heavy (non-hydrogen) atoms. The number of hydroxylamine groups is 1. The molecule has 56 valence electrons. The maximum absolute atomic E-state index is 9.67. The van der Waals surface area contributed by atoms with Gasteiger partial charge in [-0.25, -0.2) is 0 Å². The van der Waals surface area contributed by atoms with Gasteiger partial charge in [-0.1, -0.05) is 0 Å². The van der Waals surface area contributed by atoms with Gasteiger partial charge in [-0.3, -0.25) is 0 Å². The number of nitrogens with two attached hydrogens (primary N) is 1. The first-order valence-electron chi connectivity index (χ1n) is 1.63. The van der Waals surface area contributed by atoms with E-state index in [-0.39, 0.29) is 29.6 Å². The van der Waals surface area contributed by atoms with Crippen LogP contribution in [0.5, 0.6) is 0 Å². The second kappa shape index (κ2) is 5.03. The van der Waals surface area contributed by atoms with E-state index >= 15 is 0 Å². The first-order valence-corrected chi connectivity index (χ1v) is 4.49. The first-order chi connectivity index (χ1) is 3.92. The van der Waals surface area contributed by atoms with Gasteiger partial charge >= 0.3 is 80.7 Å². The minimum atomic E-state index is -5.29. The Kier molecular flexibility index (Phi) is 6.50. The summed E-state index contributed by atoms with van der Waals surface area (Å²) in [4.78, 5) is 9.67. The molecular weight excluding hydrogens is 222 g/mol. The number of hydrogen-bond donors (Lipinski definition) is 3. The van der Waals surface area contributed by atoms with Crippen molar-refractivity contribution in [2.45, 2.75) is 0 Å². The third-order valence-electron chi connectivity index (χ3n) is 0.248. The Morgan fingerprint density at radius 3 is 2.10 bits per heavy atom. The molecule has 2 amide bonds. The molecule has 4 N–H and O–H groups in total. The van der Waals surface area contributed by atoms with Crippen LogP contribution < -0.4 is 11.2 Å². The fourth-order valence-electron chi connectivity index (χ4n) is 0.0937. The molecule has 7 nitrogen and oxygen atoms in total. The van der Waals surface area contributed by atoms with Crippen molar-refractivity contribution in [3.05, 3.63) is 0 Å². The number of hydrogen-bond acceptors (Lipinski definition) is 4. The summed E-state index contributed by atoms with van der Waals surface area (Å²) in [5, 5.41) is 0. The second-order valence-corrected chi connectivity index (χ2v) is 3.12. The van der Waals surface area contributed by atoms with Gasteiger partial charge in [-0.05, 0) is 0 Å². The van der Waals surface area contributed by atoms with E-state index in [0.717, 1.165) is 0 Å². The van der Waals surface area contributed by atoms with Crippen LogP contribution in [0, 0.1) is 0 Å².